The van der Waals surface area contributed by atoms with Gasteiger partial charge in [-0.1, -0.05) is 18.2 Å². The zero-order valence-corrected chi connectivity index (χ0v) is 10.4. The smallest absolute Gasteiger partial charge is 0.160 e. The summed E-state index contributed by atoms with van der Waals surface area (Å²) in [5, 5.41) is 12.4. The largest absolute Gasteiger partial charge is 0.367 e. The molecule has 4 nitrogen and oxygen atoms in total. The summed E-state index contributed by atoms with van der Waals surface area (Å²) in [5.41, 5.74) is 0.181. The van der Waals surface area contributed by atoms with Crippen molar-refractivity contribution in [3.05, 3.63) is 30.3 Å². The minimum atomic E-state index is -0.724. The van der Waals surface area contributed by atoms with Gasteiger partial charge in [-0.15, -0.1) is 0 Å². The summed E-state index contributed by atoms with van der Waals surface area (Å²) in [6, 6.07) is 11.9. The molecule has 0 heterocycles. The number of hydrogen-bond acceptors (Lipinski definition) is 4. The Labute approximate surface area is 102 Å². The fraction of sp³-hybridized carbons (Fsp3) is 0.462. The summed E-state index contributed by atoms with van der Waals surface area (Å²) >= 11 is 0. The molecule has 0 fully saturated rings. The maximum atomic E-state index is 9.26. The maximum absolute atomic E-state index is 9.26. The molecule has 0 aliphatic heterocycles. The van der Waals surface area contributed by atoms with E-state index in [9.17, 15) is 5.26 Å². The minimum Gasteiger partial charge on any atom is -0.367 e. The van der Waals surface area contributed by atoms with Gasteiger partial charge in [0.2, 0.25) is 0 Å². The number of nitriles is 1. The molecule has 1 unspecified atom stereocenters. The molecule has 92 valence electrons. The van der Waals surface area contributed by atoms with Crippen LogP contribution >= 0.6 is 0 Å². The fourth-order valence-electron chi connectivity index (χ4n) is 1.56. The molecule has 0 aliphatic carbocycles. The van der Waals surface area contributed by atoms with Gasteiger partial charge in [-0.3, -0.25) is 0 Å². The highest BCUT2D eigenvalue weighted by Gasteiger charge is 2.28. The van der Waals surface area contributed by atoms with E-state index in [4.69, 9.17) is 9.47 Å². The van der Waals surface area contributed by atoms with Crippen LogP contribution in [0.3, 0.4) is 0 Å². The first-order valence-electron chi connectivity index (χ1n) is 5.43. The number of methoxy groups -OCH3 is 2. The molecule has 0 bridgehead atoms. The molecular weight excluding hydrogens is 216 g/mol. The molecule has 1 N–H and O–H groups in total. The van der Waals surface area contributed by atoms with Gasteiger partial charge in [0.15, 0.2) is 6.29 Å². The van der Waals surface area contributed by atoms with Crippen LogP contribution in [0, 0.1) is 11.3 Å². The molecule has 1 aromatic carbocycles. The molecule has 0 saturated carbocycles. The third-order valence-electron chi connectivity index (χ3n) is 2.54. The molecule has 0 aliphatic rings. The van der Waals surface area contributed by atoms with E-state index >= 15 is 0 Å². The monoisotopic (exact) mass is 234 g/mol. The van der Waals surface area contributed by atoms with Crippen molar-refractivity contribution >= 4 is 5.69 Å². The van der Waals surface area contributed by atoms with E-state index in [1.54, 1.807) is 14.2 Å². The lowest BCUT2D eigenvalue weighted by Gasteiger charge is -2.27. The number of hydrogen-bond donors (Lipinski definition) is 1. The molecule has 4 heteroatoms. The first kappa shape index (κ1) is 13.5. The highest BCUT2D eigenvalue weighted by Crippen LogP contribution is 2.20. The average Bonchev–Trinajstić information content (AvgIpc) is 2.37. The third kappa shape index (κ3) is 4.06. The predicted octanol–water partition coefficient (Wildman–Crippen LogP) is 2.39. The fourth-order valence-corrected chi connectivity index (χ4v) is 1.56. The maximum Gasteiger partial charge on any atom is 0.160 e. The summed E-state index contributed by atoms with van der Waals surface area (Å²) < 4.78 is 10.2. The predicted molar refractivity (Wildman–Crippen MR) is 66.5 cm³/mol. The Kier molecular flexibility index (Phi) is 4.95. The van der Waals surface area contributed by atoms with Crippen LogP contribution in [0.2, 0.25) is 0 Å². The van der Waals surface area contributed by atoms with Crippen molar-refractivity contribution in [3.63, 3.8) is 0 Å². The van der Waals surface area contributed by atoms with Gasteiger partial charge in [0.25, 0.3) is 0 Å². The topological polar surface area (TPSA) is 54.3 Å². The number of anilines is 1. The number of para-hydroxylation sites is 1. The van der Waals surface area contributed by atoms with E-state index in [1.807, 2.05) is 37.3 Å². The van der Waals surface area contributed by atoms with E-state index in [0.29, 0.717) is 6.42 Å². The van der Waals surface area contributed by atoms with Crippen molar-refractivity contribution < 1.29 is 9.47 Å². The molecule has 0 aromatic heterocycles. The first-order valence-corrected chi connectivity index (χ1v) is 5.43. The zero-order chi connectivity index (χ0) is 12.7. The molecular formula is C13H18N2O2. The van der Waals surface area contributed by atoms with E-state index in [-0.39, 0.29) is 0 Å². The van der Waals surface area contributed by atoms with Crippen LogP contribution in [0.1, 0.15) is 13.3 Å². The van der Waals surface area contributed by atoms with Crippen LogP contribution in [0.25, 0.3) is 0 Å². The molecule has 17 heavy (non-hydrogen) atoms. The van der Waals surface area contributed by atoms with Crippen LogP contribution in [0.15, 0.2) is 30.3 Å². The van der Waals surface area contributed by atoms with Crippen LogP contribution in [-0.2, 0) is 9.47 Å². The number of rotatable bonds is 6. The van der Waals surface area contributed by atoms with E-state index in [2.05, 4.69) is 11.4 Å². The number of nitrogens with zero attached hydrogens (tertiary/aromatic N) is 1. The molecule has 1 atom stereocenters. The highest BCUT2D eigenvalue weighted by atomic mass is 16.7. The summed E-state index contributed by atoms with van der Waals surface area (Å²) in [5.74, 6) is 0. The Balaban J connectivity index is 2.73. The molecule has 0 spiro atoms. The van der Waals surface area contributed by atoms with Gasteiger partial charge >= 0.3 is 0 Å². The van der Waals surface area contributed by atoms with Gasteiger partial charge in [-0.25, -0.2) is 0 Å². The zero-order valence-electron chi connectivity index (χ0n) is 10.4. The molecule has 0 saturated heterocycles. The lowest BCUT2D eigenvalue weighted by molar-refractivity contribution is -0.110. The standard InChI is InChI=1S/C13H18N2O2/c1-13(10-14,9-12(16-2)17-3)15-11-7-5-4-6-8-11/h4-8,12,15H,9H2,1-3H3. The lowest BCUT2D eigenvalue weighted by Crippen LogP contribution is -2.38. The number of benzene rings is 1. The van der Waals surface area contributed by atoms with Crippen LogP contribution in [0.4, 0.5) is 5.69 Å². The second-order valence-electron chi connectivity index (χ2n) is 4.04. The van der Waals surface area contributed by atoms with Crippen LogP contribution < -0.4 is 5.32 Å². The first-order chi connectivity index (χ1) is 8.13. The summed E-state index contributed by atoms with van der Waals surface area (Å²) in [4.78, 5) is 0. The average molecular weight is 234 g/mol. The lowest BCUT2D eigenvalue weighted by atomic mass is 9.99. The second-order valence-corrected chi connectivity index (χ2v) is 4.04. The Morgan fingerprint density at radius 1 is 1.29 bits per heavy atom. The highest BCUT2D eigenvalue weighted by molar-refractivity contribution is 5.47. The van der Waals surface area contributed by atoms with E-state index < -0.39 is 11.8 Å². The SMILES string of the molecule is COC(CC(C)(C#N)Nc1ccccc1)OC. The quantitative estimate of drug-likeness (QED) is 0.768. The van der Waals surface area contributed by atoms with Gasteiger partial charge in [0.1, 0.15) is 5.54 Å². The van der Waals surface area contributed by atoms with Crippen molar-refractivity contribution in [1.82, 2.24) is 0 Å². The minimum absolute atomic E-state index is 0.393. The summed E-state index contributed by atoms with van der Waals surface area (Å²) in [6.45, 7) is 1.82. The Hall–Kier alpha value is -1.57. The molecule has 0 radical (unpaired) electrons. The van der Waals surface area contributed by atoms with Gasteiger partial charge in [0.05, 0.1) is 6.07 Å². The normalized spacial score (nSPS) is 14.1. The second kappa shape index (κ2) is 6.24. The van der Waals surface area contributed by atoms with Crippen molar-refractivity contribution in [2.24, 2.45) is 0 Å². The third-order valence-corrected chi connectivity index (χ3v) is 2.54. The Bertz CT molecular complexity index is 371. The van der Waals surface area contributed by atoms with Crippen LogP contribution in [0.5, 0.6) is 0 Å². The number of nitrogens with one attached hydrogen (secondary N) is 1. The number of ether oxygens (including phenoxy) is 2. The Morgan fingerprint density at radius 2 is 1.88 bits per heavy atom. The molecule has 0 amide bonds. The van der Waals surface area contributed by atoms with Crippen molar-refractivity contribution in [2.45, 2.75) is 25.2 Å². The van der Waals surface area contributed by atoms with Crippen molar-refractivity contribution in [2.75, 3.05) is 19.5 Å². The summed E-state index contributed by atoms with van der Waals surface area (Å²) in [6.07, 6.45) is 0.0571. The van der Waals surface area contributed by atoms with Gasteiger partial charge < -0.3 is 14.8 Å². The Morgan fingerprint density at radius 3 is 2.35 bits per heavy atom. The summed E-state index contributed by atoms with van der Waals surface area (Å²) in [7, 11) is 3.13. The van der Waals surface area contributed by atoms with Gasteiger partial charge in [0, 0.05) is 26.3 Å². The van der Waals surface area contributed by atoms with Gasteiger partial charge in [-0.2, -0.15) is 5.26 Å². The van der Waals surface area contributed by atoms with Crippen LogP contribution in [-0.4, -0.2) is 26.0 Å². The van der Waals surface area contributed by atoms with Crippen molar-refractivity contribution in [1.29, 1.82) is 5.26 Å². The van der Waals surface area contributed by atoms with E-state index in [1.165, 1.54) is 0 Å². The van der Waals surface area contributed by atoms with E-state index in [0.717, 1.165) is 5.69 Å². The van der Waals surface area contributed by atoms with Crippen molar-refractivity contribution in [3.8, 4) is 6.07 Å². The molecule has 1 rings (SSSR count). The van der Waals surface area contributed by atoms with Gasteiger partial charge in [-0.05, 0) is 19.1 Å². The molecule has 1 aromatic rings.